The van der Waals surface area contributed by atoms with Gasteiger partial charge in [0.1, 0.15) is 0 Å². The summed E-state index contributed by atoms with van der Waals surface area (Å²) in [5.74, 6) is 0.361. The van der Waals surface area contributed by atoms with Gasteiger partial charge in [-0.05, 0) is 69.4 Å². The molecule has 1 aliphatic carbocycles. The SMILES string of the molecule is C=C=C/C(=C\C)C(=O)N[C@@H]1CC/C=C(/C)Cc2cc(-c3ccnc(N/C(C=NC=C)=C/C)n3)ccc21. The van der Waals surface area contributed by atoms with Crippen LogP contribution in [0.4, 0.5) is 5.95 Å². The highest BCUT2D eigenvalue weighted by Crippen LogP contribution is 2.31. The third kappa shape index (κ3) is 6.87. The van der Waals surface area contributed by atoms with Crippen LogP contribution in [0.1, 0.15) is 50.8 Å². The molecule has 1 amide bonds. The molecule has 0 unspecified atom stereocenters. The Bertz CT molecular complexity index is 1290. The summed E-state index contributed by atoms with van der Waals surface area (Å²) in [4.78, 5) is 26.0. The van der Waals surface area contributed by atoms with E-state index in [0.29, 0.717) is 11.5 Å². The molecule has 0 radical (unpaired) electrons. The molecule has 0 saturated carbocycles. The highest BCUT2D eigenvalue weighted by atomic mass is 16.1. The summed E-state index contributed by atoms with van der Waals surface area (Å²) in [5.41, 5.74) is 9.43. The van der Waals surface area contributed by atoms with Crippen LogP contribution in [0.15, 0.2) is 102 Å². The summed E-state index contributed by atoms with van der Waals surface area (Å²) in [5, 5.41) is 6.39. The molecule has 1 aliphatic rings. The smallest absolute Gasteiger partial charge is 0.252 e. The molecule has 1 aromatic carbocycles. The van der Waals surface area contributed by atoms with Crippen LogP contribution in [0.3, 0.4) is 0 Å². The third-order valence-corrected chi connectivity index (χ3v) is 5.91. The van der Waals surface area contributed by atoms with Crippen molar-refractivity contribution in [3.63, 3.8) is 0 Å². The zero-order valence-electron chi connectivity index (χ0n) is 21.2. The first-order chi connectivity index (χ1) is 17.5. The maximum absolute atomic E-state index is 12.9. The number of allylic oxidation sites excluding steroid dienone is 5. The number of nitrogens with zero attached hydrogens (tertiary/aromatic N) is 3. The number of hydrogen-bond donors (Lipinski definition) is 2. The molecule has 184 valence electrons. The van der Waals surface area contributed by atoms with Gasteiger partial charge in [0.15, 0.2) is 0 Å². The molecule has 1 heterocycles. The lowest BCUT2D eigenvalue weighted by Crippen LogP contribution is -2.30. The van der Waals surface area contributed by atoms with Crippen molar-refractivity contribution in [2.45, 2.75) is 46.1 Å². The van der Waals surface area contributed by atoms with Crippen molar-refractivity contribution in [1.82, 2.24) is 15.3 Å². The average molecular weight is 480 g/mol. The van der Waals surface area contributed by atoms with Crippen LogP contribution in [0.2, 0.25) is 0 Å². The second-order valence-electron chi connectivity index (χ2n) is 8.43. The predicted octanol–water partition coefficient (Wildman–Crippen LogP) is 6.40. The van der Waals surface area contributed by atoms with Gasteiger partial charge in [-0.3, -0.25) is 9.79 Å². The largest absolute Gasteiger partial charge is 0.345 e. The molecule has 36 heavy (non-hydrogen) atoms. The maximum atomic E-state index is 12.9. The van der Waals surface area contributed by atoms with Gasteiger partial charge in [0.25, 0.3) is 5.91 Å². The van der Waals surface area contributed by atoms with E-state index in [1.807, 2.05) is 26.0 Å². The molecule has 2 N–H and O–H groups in total. The second-order valence-corrected chi connectivity index (χ2v) is 8.43. The molecule has 1 aromatic heterocycles. The Morgan fingerprint density at radius 3 is 2.81 bits per heavy atom. The van der Waals surface area contributed by atoms with E-state index >= 15 is 0 Å². The zero-order valence-corrected chi connectivity index (χ0v) is 21.2. The third-order valence-electron chi connectivity index (χ3n) is 5.91. The van der Waals surface area contributed by atoms with Crippen molar-refractivity contribution in [2.75, 3.05) is 5.32 Å². The number of anilines is 1. The average Bonchev–Trinajstić information content (AvgIpc) is 2.88. The maximum Gasteiger partial charge on any atom is 0.252 e. The van der Waals surface area contributed by atoms with Crippen LogP contribution in [-0.4, -0.2) is 22.1 Å². The Balaban J connectivity index is 1.94. The van der Waals surface area contributed by atoms with E-state index < -0.39 is 0 Å². The molecule has 0 aliphatic heterocycles. The zero-order chi connectivity index (χ0) is 25.9. The van der Waals surface area contributed by atoms with Crippen molar-refractivity contribution in [1.29, 1.82) is 0 Å². The highest BCUT2D eigenvalue weighted by molar-refractivity contribution is 5.96. The topological polar surface area (TPSA) is 79.3 Å². The van der Waals surface area contributed by atoms with Crippen molar-refractivity contribution in [3.05, 3.63) is 108 Å². The molecule has 6 heteroatoms. The Hall–Kier alpha value is -4.28. The minimum Gasteiger partial charge on any atom is -0.345 e. The van der Waals surface area contributed by atoms with E-state index in [2.05, 4.69) is 70.7 Å². The number of nitrogens with one attached hydrogen (secondary N) is 2. The molecular formula is C30H33N5O. The fourth-order valence-electron chi connectivity index (χ4n) is 4.08. The summed E-state index contributed by atoms with van der Waals surface area (Å²) < 4.78 is 0. The van der Waals surface area contributed by atoms with Crippen molar-refractivity contribution >= 4 is 18.1 Å². The number of amides is 1. The van der Waals surface area contributed by atoms with E-state index in [1.54, 1.807) is 24.6 Å². The summed E-state index contributed by atoms with van der Waals surface area (Å²) in [7, 11) is 0. The summed E-state index contributed by atoms with van der Waals surface area (Å²) in [6.45, 7) is 13.1. The molecule has 2 aromatic rings. The molecular weight excluding hydrogens is 446 g/mol. The minimum atomic E-state index is -0.124. The lowest BCUT2D eigenvalue weighted by molar-refractivity contribution is -0.118. The number of rotatable bonds is 8. The predicted molar refractivity (Wildman–Crippen MR) is 149 cm³/mol. The molecule has 3 rings (SSSR count). The van der Waals surface area contributed by atoms with Gasteiger partial charge in [0, 0.05) is 29.7 Å². The lowest BCUT2D eigenvalue weighted by Gasteiger charge is -2.25. The fraction of sp³-hybridized carbons (Fsp3) is 0.233. The quantitative estimate of drug-likeness (QED) is 0.151. The first-order valence-corrected chi connectivity index (χ1v) is 12.0. The van der Waals surface area contributed by atoms with E-state index in [1.165, 1.54) is 17.3 Å². The molecule has 6 nitrogen and oxygen atoms in total. The van der Waals surface area contributed by atoms with Gasteiger partial charge in [-0.15, -0.1) is 5.73 Å². The van der Waals surface area contributed by atoms with E-state index in [0.717, 1.165) is 41.8 Å². The van der Waals surface area contributed by atoms with E-state index in [-0.39, 0.29) is 11.9 Å². The van der Waals surface area contributed by atoms with Crippen molar-refractivity contribution in [2.24, 2.45) is 4.99 Å². The van der Waals surface area contributed by atoms with Gasteiger partial charge >= 0.3 is 0 Å². The normalized spacial score (nSPS) is 17.6. The fourth-order valence-corrected chi connectivity index (χ4v) is 4.08. The van der Waals surface area contributed by atoms with Crippen LogP contribution in [0.25, 0.3) is 11.3 Å². The molecule has 0 saturated heterocycles. The first kappa shape index (κ1) is 26.3. The standard InChI is InChI=1S/C30H33N5O/c1-6-11-22(7-2)29(36)34-28-13-10-12-21(5)18-24-19-23(14-15-26(24)28)27-16-17-32-30(35-27)33-25(8-3)20-31-9-4/h7-9,11-12,14-17,19-20,28H,1,4,10,13,18H2,2-3,5H3,(H,34,36)(H,32,33,35)/b21-12-,22-7+,25-8+,31-20?/t28-/m1/s1. The van der Waals surface area contributed by atoms with Crippen LogP contribution >= 0.6 is 0 Å². The van der Waals surface area contributed by atoms with Gasteiger partial charge in [-0.1, -0.05) is 49.1 Å². The van der Waals surface area contributed by atoms with Gasteiger partial charge in [-0.2, -0.15) is 0 Å². The Labute approximate surface area is 213 Å². The van der Waals surface area contributed by atoms with Gasteiger partial charge in [-0.25, -0.2) is 9.97 Å². The highest BCUT2D eigenvalue weighted by Gasteiger charge is 2.21. The number of aliphatic imine (C=N–C) groups is 1. The van der Waals surface area contributed by atoms with Gasteiger partial charge in [0.05, 0.1) is 17.4 Å². The lowest BCUT2D eigenvalue weighted by atomic mass is 9.88. The van der Waals surface area contributed by atoms with Gasteiger partial charge < -0.3 is 10.6 Å². The van der Waals surface area contributed by atoms with Crippen molar-refractivity contribution < 1.29 is 4.79 Å². The van der Waals surface area contributed by atoms with Crippen LogP contribution < -0.4 is 10.6 Å². The van der Waals surface area contributed by atoms with E-state index in [9.17, 15) is 4.79 Å². The number of aromatic nitrogens is 2. The molecule has 1 atom stereocenters. The minimum absolute atomic E-state index is 0.0944. The monoisotopic (exact) mass is 479 g/mol. The molecule has 0 bridgehead atoms. The number of carbonyl (C=O) groups is 1. The molecule has 0 fully saturated rings. The van der Waals surface area contributed by atoms with Crippen LogP contribution in [0, 0.1) is 0 Å². The Morgan fingerprint density at radius 1 is 1.25 bits per heavy atom. The number of fused-ring (bicyclic) bond motifs is 1. The van der Waals surface area contributed by atoms with Crippen LogP contribution in [0.5, 0.6) is 0 Å². The Morgan fingerprint density at radius 2 is 2.08 bits per heavy atom. The van der Waals surface area contributed by atoms with Crippen molar-refractivity contribution in [3.8, 4) is 11.3 Å². The second kappa shape index (κ2) is 13.0. The van der Waals surface area contributed by atoms with E-state index in [4.69, 9.17) is 4.98 Å². The molecule has 0 spiro atoms. The number of carbonyl (C=O) groups excluding carboxylic acids is 1. The summed E-state index contributed by atoms with van der Waals surface area (Å²) in [6.07, 6.45) is 14.9. The first-order valence-electron chi connectivity index (χ1n) is 12.0. The number of benzene rings is 1. The van der Waals surface area contributed by atoms with Gasteiger partial charge in [0.2, 0.25) is 5.95 Å². The summed E-state index contributed by atoms with van der Waals surface area (Å²) in [6, 6.07) is 8.13. The van der Waals surface area contributed by atoms with Crippen LogP contribution in [-0.2, 0) is 11.2 Å². The summed E-state index contributed by atoms with van der Waals surface area (Å²) >= 11 is 0. The number of hydrogen-bond acceptors (Lipinski definition) is 5. The Kier molecular flexibility index (Phi) is 9.49.